The molecule has 0 saturated heterocycles. The van der Waals surface area contributed by atoms with Crippen molar-refractivity contribution < 1.29 is 4.79 Å². The molecule has 0 aromatic carbocycles. The van der Waals surface area contributed by atoms with Crippen LogP contribution in [0.4, 0.5) is 0 Å². The molecule has 0 aromatic heterocycles. The summed E-state index contributed by atoms with van der Waals surface area (Å²) in [5.41, 5.74) is 13.4. The van der Waals surface area contributed by atoms with Crippen molar-refractivity contribution in [1.29, 1.82) is 0 Å². The summed E-state index contributed by atoms with van der Waals surface area (Å²) in [7, 11) is 0. The lowest BCUT2D eigenvalue weighted by atomic mass is 9.95. The number of nitrogens with two attached hydrogens (primary N) is 1. The first-order valence-electron chi connectivity index (χ1n) is 5.30. The summed E-state index contributed by atoms with van der Waals surface area (Å²) in [5, 5.41) is 6.53. The van der Waals surface area contributed by atoms with Crippen molar-refractivity contribution in [2.45, 2.75) is 44.2 Å². The van der Waals surface area contributed by atoms with Crippen LogP contribution in [0.5, 0.6) is 0 Å². The average Bonchev–Trinajstić information content (AvgIpc) is 2.25. The molecular formula is C9H17N5O. The Morgan fingerprint density at radius 2 is 2.20 bits per heavy atom. The minimum Gasteiger partial charge on any atom is -0.368 e. The molecule has 3 N–H and O–H groups in total. The van der Waals surface area contributed by atoms with Gasteiger partial charge < -0.3 is 11.1 Å². The minimum absolute atomic E-state index is 0.0995. The van der Waals surface area contributed by atoms with Crippen LogP contribution in [0.25, 0.3) is 10.4 Å². The van der Waals surface area contributed by atoms with Gasteiger partial charge in [0.2, 0.25) is 5.91 Å². The predicted octanol–water partition coefficient (Wildman–Crippen LogP) is 1.07. The summed E-state index contributed by atoms with van der Waals surface area (Å²) in [6.45, 7) is 0.0995. The Bertz CT molecular complexity index is 255. The van der Waals surface area contributed by atoms with Gasteiger partial charge in [0.15, 0.2) is 0 Å². The van der Waals surface area contributed by atoms with Crippen LogP contribution in [0.1, 0.15) is 32.1 Å². The van der Waals surface area contributed by atoms with E-state index in [-0.39, 0.29) is 6.54 Å². The van der Waals surface area contributed by atoms with Crippen LogP contribution in [0, 0.1) is 0 Å². The van der Waals surface area contributed by atoms with Gasteiger partial charge in [-0.25, -0.2) is 0 Å². The first kappa shape index (κ1) is 11.8. The third-order valence-corrected chi connectivity index (χ3v) is 2.71. The van der Waals surface area contributed by atoms with Gasteiger partial charge in [-0.15, -0.1) is 0 Å². The first-order chi connectivity index (χ1) is 7.24. The molecule has 0 bridgehead atoms. The zero-order valence-corrected chi connectivity index (χ0v) is 8.72. The number of azide groups is 1. The van der Waals surface area contributed by atoms with Crippen LogP contribution in [0.2, 0.25) is 0 Å². The van der Waals surface area contributed by atoms with Crippen molar-refractivity contribution in [3.05, 3.63) is 10.4 Å². The van der Waals surface area contributed by atoms with Crippen molar-refractivity contribution in [1.82, 2.24) is 5.32 Å². The maximum Gasteiger partial charge on any atom is 0.234 e. The highest BCUT2D eigenvalue weighted by Gasteiger charge is 2.20. The fourth-order valence-corrected chi connectivity index (χ4v) is 1.90. The smallest absolute Gasteiger partial charge is 0.234 e. The zero-order valence-electron chi connectivity index (χ0n) is 8.72. The average molecular weight is 211 g/mol. The van der Waals surface area contributed by atoms with Crippen molar-refractivity contribution in [3.8, 4) is 0 Å². The maximum atomic E-state index is 11.1. The van der Waals surface area contributed by atoms with Crippen molar-refractivity contribution in [2.24, 2.45) is 10.8 Å². The molecule has 1 atom stereocenters. The van der Waals surface area contributed by atoms with E-state index in [1.807, 2.05) is 0 Å². The Balaban J connectivity index is 2.41. The van der Waals surface area contributed by atoms with Crippen LogP contribution in [0.3, 0.4) is 0 Å². The molecule has 0 radical (unpaired) electrons. The summed E-state index contributed by atoms with van der Waals surface area (Å²) in [4.78, 5) is 13.7. The van der Waals surface area contributed by atoms with E-state index in [1.165, 1.54) is 19.3 Å². The van der Waals surface area contributed by atoms with Crippen LogP contribution in [0.15, 0.2) is 5.11 Å². The normalized spacial score (nSPS) is 19.2. The molecule has 1 amide bonds. The number of carbonyl (C=O) groups is 1. The molecule has 84 valence electrons. The summed E-state index contributed by atoms with van der Waals surface area (Å²) in [6.07, 6.45) is 5.77. The molecule has 15 heavy (non-hydrogen) atoms. The second kappa shape index (κ2) is 6.27. The summed E-state index contributed by atoms with van der Waals surface area (Å²) in [6, 6.07) is -0.186. The molecule has 0 spiro atoms. The summed E-state index contributed by atoms with van der Waals surface area (Å²) < 4.78 is 0. The van der Waals surface area contributed by atoms with Gasteiger partial charge >= 0.3 is 0 Å². The third kappa shape index (κ3) is 4.18. The molecule has 1 fully saturated rings. The maximum absolute atomic E-state index is 11.1. The Morgan fingerprint density at radius 1 is 1.53 bits per heavy atom. The molecule has 1 unspecified atom stereocenters. The Kier molecular flexibility index (Phi) is 4.93. The van der Waals surface area contributed by atoms with Crippen LogP contribution in [-0.4, -0.2) is 24.5 Å². The molecule has 0 aromatic rings. The van der Waals surface area contributed by atoms with Gasteiger partial charge in [-0.3, -0.25) is 4.79 Å². The fraction of sp³-hybridized carbons (Fsp3) is 0.889. The van der Waals surface area contributed by atoms with E-state index in [9.17, 15) is 4.79 Å². The summed E-state index contributed by atoms with van der Waals surface area (Å²) >= 11 is 0. The van der Waals surface area contributed by atoms with Crippen molar-refractivity contribution >= 4 is 5.91 Å². The van der Waals surface area contributed by atoms with Crippen molar-refractivity contribution in [3.63, 3.8) is 0 Å². The monoisotopic (exact) mass is 211 g/mol. The summed E-state index contributed by atoms with van der Waals surface area (Å²) in [5.74, 6) is -0.451. The number of nitrogens with one attached hydrogen (secondary N) is 1. The number of primary amides is 1. The quantitative estimate of drug-likeness (QED) is 0.403. The van der Waals surface area contributed by atoms with E-state index in [0.717, 1.165) is 12.8 Å². The van der Waals surface area contributed by atoms with E-state index in [0.29, 0.717) is 6.04 Å². The van der Waals surface area contributed by atoms with Crippen LogP contribution < -0.4 is 11.1 Å². The molecule has 6 nitrogen and oxygen atoms in total. The Hall–Kier alpha value is -1.26. The second-order valence-electron chi connectivity index (χ2n) is 3.87. The lowest BCUT2D eigenvalue weighted by molar-refractivity contribution is -0.120. The molecule has 6 heteroatoms. The minimum atomic E-state index is -0.524. The van der Waals surface area contributed by atoms with E-state index in [4.69, 9.17) is 11.3 Å². The van der Waals surface area contributed by atoms with Gasteiger partial charge in [0.25, 0.3) is 0 Å². The second-order valence-corrected chi connectivity index (χ2v) is 3.87. The van der Waals surface area contributed by atoms with E-state index in [1.54, 1.807) is 0 Å². The predicted molar refractivity (Wildman–Crippen MR) is 57.0 cm³/mol. The molecule has 1 aliphatic carbocycles. The van der Waals surface area contributed by atoms with E-state index < -0.39 is 11.9 Å². The Morgan fingerprint density at radius 3 is 2.73 bits per heavy atom. The van der Waals surface area contributed by atoms with E-state index >= 15 is 0 Å². The van der Waals surface area contributed by atoms with Gasteiger partial charge in [-0.2, -0.15) is 0 Å². The standard InChI is InChI=1S/C9H17N5O/c10-9(15)8(6-12-14-11)13-7-4-2-1-3-5-7/h7-8,13H,1-6H2,(H2,10,15). The highest BCUT2D eigenvalue weighted by Crippen LogP contribution is 2.17. The lowest BCUT2D eigenvalue weighted by Crippen LogP contribution is -2.48. The van der Waals surface area contributed by atoms with Gasteiger partial charge in [-0.05, 0) is 18.4 Å². The third-order valence-electron chi connectivity index (χ3n) is 2.71. The number of hydrogen-bond donors (Lipinski definition) is 2. The molecule has 1 rings (SSSR count). The van der Waals surface area contributed by atoms with Gasteiger partial charge in [0.1, 0.15) is 0 Å². The van der Waals surface area contributed by atoms with Gasteiger partial charge in [-0.1, -0.05) is 24.4 Å². The lowest BCUT2D eigenvalue weighted by Gasteiger charge is -2.26. The van der Waals surface area contributed by atoms with Gasteiger partial charge in [0, 0.05) is 11.0 Å². The SMILES string of the molecule is [N-]=[N+]=NCC(NC1CCCCC1)C(N)=O. The zero-order chi connectivity index (χ0) is 11.1. The number of hydrogen-bond acceptors (Lipinski definition) is 3. The topological polar surface area (TPSA) is 104 Å². The largest absolute Gasteiger partial charge is 0.368 e. The van der Waals surface area contributed by atoms with E-state index in [2.05, 4.69) is 15.3 Å². The molecule has 1 saturated carbocycles. The van der Waals surface area contributed by atoms with Crippen molar-refractivity contribution in [2.75, 3.05) is 6.54 Å². The number of nitrogens with zero attached hydrogens (tertiary/aromatic N) is 3. The number of rotatable bonds is 5. The van der Waals surface area contributed by atoms with Gasteiger partial charge in [0.05, 0.1) is 12.6 Å². The highest BCUT2D eigenvalue weighted by molar-refractivity contribution is 5.80. The molecule has 0 aliphatic heterocycles. The highest BCUT2D eigenvalue weighted by atomic mass is 16.1. The molecular weight excluding hydrogens is 194 g/mol. The molecule has 1 aliphatic rings. The number of amides is 1. The molecule has 0 heterocycles. The van der Waals surface area contributed by atoms with Crippen LogP contribution >= 0.6 is 0 Å². The fourth-order valence-electron chi connectivity index (χ4n) is 1.90. The first-order valence-corrected chi connectivity index (χ1v) is 5.30. The van der Waals surface area contributed by atoms with Crippen LogP contribution in [-0.2, 0) is 4.79 Å². The Labute approximate surface area is 88.8 Å². The number of carbonyl (C=O) groups excluding carboxylic acids is 1.